The number of ether oxygens (including phenoxy) is 1. The molecule has 0 spiro atoms. The molecule has 0 unspecified atom stereocenters. The third kappa shape index (κ3) is 3.93. The summed E-state index contributed by atoms with van der Waals surface area (Å²) in [6.07, 6.45) is 4.00. The molecule has 0 fully saturated rings. The molecule has 1 aromatic rings. The Morgan fingerprint density at radius 3 is 3.07 bits per heavy atom. The van der Waals surface area contributed by atoms with Crippen LogP contribution in [0.1, 0.15) is 12.1 Å². The first-order valence-electron chi connectivity index (χ1n) is 5.13. The highest BCUT2D eigenvalue weighted by Crippen LogP contribution is 2.17. The fourth-order valence-electron chi connectivity index (χ4n) is 1.44. The summed E-state index contributed by atoms with van der Waals surface area (Å²) in [6.45, 7) is 2.55. The van der Waals surface area contributed by atoms with E-state index in [1.807, 2.05) is 17.9 Å². The molecule has 1 N–H and O–H groups in total. The minimum atomic E-state index is 0.702. The van der Waals surface area contributed by atoms with E-state index in [4.69, 9.17) is 4.74 Å². The van der Waals surface area contributed by atoms with E-state index in [2.05, 4.69) is 26.3 Å². The Bertz CT molecular complexity index is 288. The minimum absolute atomic E-state index is 0.702. The van der Waals surface area contributed by atoms with Crippen molar-refractivity contribution in [3.05, 3.63) is 16.4 Å². The Labute approximate surface area is 99.1 Å². The lowest BCUT2D eigenvalue weighted by molar-refractivity contribution is 0.182. The maximum absolute atomic E-state index is 5.05. The zero-order chi connectivity index (χ0) is 11.1. The van der Waals surface area contributed by atoms with Crippen molar-refractivity contribution in [2.24, 2.45) is 0 Å². The summed E-state index contributed by atoms with van der Waals surface area (Å²) in [7, 11) is 3.68. The predicted octanol–water partition coefficient (Wildman–Crippen LogP) is 1.44. The Balaban J connectivity index is 2.54. The van der Waals surface area contributed by atoms with Crippen LogP contribution in [0, 0.1) is 0 Å². The Morgan fingerprint density at radius 1 is 1.60 bits per heavy atom. The number of nitrogens with one attached hydrogen (secondary N) is 1. The molecule has 1 heterocycles. The first-order chi connectivity index (χ1) is 7.29. The molecule has 0 aromatic carbocycles. The van der Waals surface area contributed by atoms with E-state index in [9.17, 15) is 0 Å². The second kappa shape index (κ2) is 6.98. The number of hydrogen-bond acceptors (Lipinski definition) is 3. The lowest BCUT2D eigenvalue weighted by atomic mass is 10.2. The number of aromatic nitrogens is 2. The van der Waals surface area contributed by atoms with Gasteiger partial charge in [-0.1, -0.05) is 0 Å². The fourth-order valence-corrected chi connectivity index (χ4v) is 1.93. The molecular formula is C10H18BrN3O. The van der Waals surface area contributed by atoms with Crippen molar-refractivity contribution >= 4 is 15.9 Å². The monoisotopic (exact) mass is 275 g/mol. The van der Waals surface area contributed by atoms with E-state index in [0.717, 1.165) is 30.4 Å². The molecule has 4 nitrogen and oxygen atoms in total. The van der Waals surface area contributed by atoms with Gasteiger partial charge in [-0.05, 0) is 42.4 Å². The first kappa shape index (κ1) is 12.7. The molecule has 0 radical (unpaired) electrons. The van der Waals surface area contributed by atoms with Crippen molar-refractivity contribution in [3.63, 3.8) is 0 Å². The second-order valence-electron chi connectivity index (χ2n) is 3.36. The van der Waals surface area contributed by atoms with Gasteiger partial charge in [0.05, 0.1) is 29.5 Å². The van der Waals surface area contributed by atoms with Crippen LogP contribution in [0.2, 0.25) is 0 Å². The number of nitrogens with zero attached hydrogens (tertiary/aromatic N) is 2. The first-order valence-corrected chi connectivity index (χ1v) is 5.92. The normalized spacial score (nSPS) is 10.9. The van der Waals surface area contributed by atoms with E-state index in [0.29, 0.717) is 6.61 Å². The molecule has 1 rings (SSSR count). The van der Waals surface area contributed by atoms with E-state index in [1.165, 1.54) is 5.69 Å². The van der Waals surface area contributed by atoms with Crippen LogP contribution in [0.5, 0.6) is 0 Å². The minimum Gasteiger partial charge on any atom is -0.383 e. The third-order valence-electron chi connectivity index (χ3n) is 2.25. The summed E-state index contributed by atoms with van der Waals surface area (Å²) >= 11 is 3.52. The molecular weight excluding hydrogens is 258 g/mol. The standard InChI is InChI=1S/C10H18BrN3O/c1-12-5-3-4-10-9(11)8-13-14(10)6-7-15-2/h8,12H,3-7H2,1-2H3. The SMILES string of the molecule is CNCCCc1c(Br)cnn1CCOC. The molecule has 0 aliphatic heterocycles. The quantitative estimate of drug-likeness (QED) is 0.766. The maximum atomic E-state index is 5.05. The predicted molar refractivity (Wildman–Crippen MR) is 64.1 cm³/mol. The van der Waals surface area contributed by atoms with Gasteiger partial charge in [0.25, 0.3) is 0 Å². The third-order valence-corrected chi connectivity index (χ3v) is 2.91. The average Bonchev–Trinajstić information content (AvgIpc) is 2.58. The van der Waals surface area contributed by atoms with Crippen LogP contribution in [-0.2, 0) is 17.7 Å². The zero-order valence-electron chi connectivity index (χ0n) is 9.29. The molecule has 86 valence electrons. The molecule has 0 saturated carbocycles. The molecule has 0 atom stereocenters. The Hall–Kier alpha value is -0.390. The van der Waals surface area contributed by atoms with Gasteiger partial charge >= 0.3 is 0 Å². The smallest absolute Gasteiger partial charge is 0.0658 e. The van der Waals surface area contributed by atoms with Gasteiger partial charge in [-0.3, -0.25) is 4.68 Å². The summed E-state index contributed by atoms with van der Waals surface area (Å²) in [5.41, 5.74) is 1.25. The molecule has 0 saturated heterocycles. The van der Waals surface area contributed by atoms with Gasteiger partial charge in [-0.15, -0.1) is 0 Å². The average molecular weight is 276 g/mol. The highest BCUT2D eigenvalue weighted by atomic mass is 79.9. The molecule has 0 aliphatic carbocycles. The van der Waals surface area contributed by atoms with Crippen LogP contribution in [0.3, 0.4) is 0 Å². The Kier molecular flexibility index (Phi) is 5.90. The summed E-state index contributed by atoms with van der Waals surface area (Å²) in [4.78, 5) is 0. The zero-order valence-corrected chi connectivity index (χ0v) is 10.9. The van der Waals surface area contributed by atoms with E-state index in [-0.39, 0.29) is 0 Å². The summed E-state index contributed by atoms with van der Waals surface area (Å²) in [6, 6.07) is 0. The molecule has 1 aromatic heterocycles. The summed E-state index contributed by atoms with van der Waals surface area (Å²) in [5, 5.41) is 7.44. The number of methoxy groups -OCH3 is 1. The number of rotatable bonds is 7. The Morgan fingerprint density at radius 2 is 2.40 bits per heavy atom. The maximum Gasteiger partial charge on any atom is 0.0658 e. The molecule has 0 aliphatic rings. The van der Waals surface area contributed by atoms with Gasteiger partial charge in [-0.25, -0.2) is 0 Å². The lowest BCUT2D eigenvalue weighted by Gasteiger charge is -2.07. The van der Waals surface area contributed by atoms with Crippen molar-refractivity contribution in [3.8, 4) is 0 Å². The number of halogens is 1. The van der Waals surface area contributed by atoms with Gasteiger partial charge in [-0.2, -0.15) is 5.10 Å². The van der Waals surface area contributed by atoms with E-state index in [1.54, 1.807) is 7.11 Å². The highest BCUT2D eigenvalue weighted by molar-refractivity contribution is 9.10. The topological polar surface area (TPSA) is 39.1 Å². The molecule has 0 bridgehead atoms. The van der Waals surface area contributed by atoms with Crippen LogP contribution in [0.25, 0.3) is 0 Å². The van der Waals surface area contributed by atoms with Crippen LogP contribution in [0.15, 0.2) is 10.7 Å². The van der Waals surface area contributed by atoms with Crippen LogP contribution in [-0.4, -0.2) is 37.1 Å². The van der Waals surface area contributed by atoms with Crippen molar-refractivity contribution in [1.82, 2.24) is 15.1 Å². The lowest BCUT2D eigenvalue weighted by Crippen LogP contribution is -2.13. The van der Waals surface area contributed by atoms with Gasteiger partial charge < -0.3 is 10.1 Å². The van der Waals surface area contributed by atoms with Crippen LogP contribution < -0.4 is 5.32 Å². The van der Waals surface area contributed by atoms with Gasteiger partial charge in [0, 0.05) is 7.11 Å². The second-order valence-corrected chi connectivity index (χ2v) is 4.22. The molecule has 0 amide bonds. The van der Waals surface area contributed by atoms with Crippen molar-refractivity contribution < 1.29 is 4.74 Å². The van der Waals surface area contributed by atoms with Crippen LogP contribution in [0.4, 0.5) is 0 Å². The van der Waals surface area contributed by atoms with Gasteiger partial charge in [0.1, 0.15) is 0 Å². The molecule has 5 heteroatoms. The van der Waals surface area contributed by atoms with Crippen molar-refractivity contribution in [2.75, 3.05) is 27.3 Å². The van der Waals surface area contributed by atoms with Gasteiger partial charge in [0.2, 0.25) is 0 Å². The largest absolute Gasteiger partial charge is 0.383 e. The van der Waals surface area contributed by atoms with Crippen molar-refractivity contribution in [2.45, 2.75) is 19.4 Å². The summed E-state index contributed by atoms with van der Waals surface area (Å²) < 4.78 is 8.14. The van der Waals surface area contributed by atoms with Gasteiger partial charge in [0.15, 0.2) is 0 Å². The van der Waals surface area contributed by atoms with E-state index >= 15 is 0 Å². The molecule has 15 heavy (non-hydrogen) atoms. The van der Waals surface area contributed by atoms with E-state index < -0.39 is 0 Å². The fraction of sp³-hybridized carbons (Fsp3) is 0.700. The highest BCUT2D eigenvalue weighted by Gasteiger charge is 2.07. The van der Waals surface area contributed by atoms with Crippen LogP contribution >= 0.6 is 15.9 Å². The van der Waals surface area contributed by atoms with Crippen molar-refractivity contribution in [1.29, 1.82) is 0 Å². The summed E-state index contributed by atoms with van der Waals surface area (Å²) in [5.74, 6) is 0. The number of hydrogen-bond donors (Lipinski definition) is 1.